The van der Waals surface area contributed by atoms with E-state index in [4.69, 9.17) is 4.74 Å². The van der Waals surface area contributed by atoms with Gasteiger partial charge in [-0.3, -0.25) is 9.59 Å². The van der Waals surface area contributed by atoms with Crippen molar-refractivity contribution in [2.45, 2.75) is 44.7 Å². The van der Waals surface area contributed by atoms with E-state index in [1.165, 1.54) is 18.3 Å². The molecule has 10 heteroatoms. The van der Waals surface area contributed by atoms with Gasteiger partial charge in [0, 0.05) is 28.6 Å². The highest BCUT2D eigenvalue weighted by atomic mass is 32.2. The summed E-state index contributed by atoms with van der Waals surface area (Å²) in [5, 5.41) is 5.03. The van der Waals surface area contributed by atoms with Crippen LogP contribution in [0.5, 0.6) is 0 Å². The first-order valence-corrected chi connectivity index (χ1v) is 14.4. The minimum Gasteiger partial charge on any atom is -0.465 e. The van der Waals surface area contributed by atoms with E-state index >= 15 is 0 Å². The number of fused-ring (bicyclic) bond motifs is 1. The first-order valence-electron chi connectivity index (χ1n) is 12.9. The molecule has 0 bridgehead atoms. The Bertz CT molecular complexity index is 1630. The molecule has 0 aliphatic heterocycles. The number of ether oxygens (including phenoxy) is 1. The summed E-state index contributed by atoms with van der Waals surface area (Å²) < 4.78 is 35.8. The summed E-state index contributed by atoms with van der Waals surface area (Å²) in [4.78, 5) is 25.2. The molecule has 0 saturated heterocycles. The molecule has 1 heterocycles. The van der Waals surface area contributed by atoms with Crippen molar-refractivity contribution in [3.05, 3.63) is 101 Å². The number of rotatable bonds is 11. The van der Waals surface area contributed by atoms with Gasteiger partial charge >= 0.3 is 5.97 Å². The second kappa shape index (κ2) is 12.7. The zero-order valence-electron chi connectivity index (χ0n) is 22.6. The largest absolute Gasteiger partial charge is 0.465 e. The molecule has 208 valence electrons. The maximum atomic E-state index is 13.1. The van der Waals surface area contributed by atoms with Crippen molar-refractivity contribution in [1.29, 1.82) is 0 Å². The minimum absolute atomic E-state index is 0.0558. The summed E-state index contributed by atoms with van der Waals surface area (Å²) >= 11 is 0. The van der Waals surface area contributed by atoms with Crippen LogP contribution < -0.4 is 10.1 Å². The Balaban J connectivity index is 1.52. The van der Waals surface area contributed by atoms with Crippen LogP contribution in [-0.4, -0.2) is 37.7 Å². The van der Waals surface area contributed by atoms with Crippen LogP contribution in [0.2, 0.25) is 0 Å². The van der Waals surface area contributed by atoms with Crippen LogP contribution in [0.4, 0.5) is 0 Å². The van der Waals surface area contributed by atoms with Gasteiger partial charge in [-0.05, 0) is 44.5 Å². The molecule has 1 aromatic heterocycles. The number of nitrogens with one attached hydrogen (secondary N) is 2. The molecule has 0 unspecified atom stereocenters. The van der Waals surface area contributed by atoms with E-state index in [2.05, 4.69) is 15.2 Å². The maximum absolute atomic E-state index is 13.1. The monoisotopic (exact) mass is 560 g/mol. The Labute approximate surface area is 233 Å². The fourth-order valence-electron chi connectivity index (χ4n) is 4.45. The number of para-hydroxylation sites is 1. The van der Waals surface area contributed by atoms with Gasteiger partial charge < -0.3 is 9.30 Å². The molecule has 0 aliphatic carbocycles. The van der Waals surface area contributed by atoms with Crippen molar-refractivity contribution in [3.8, 4) is 0 Å². The number of esters is 1. The van der Waals surface area contributed by atoms with E-state index in [9.17, 15) is 18.0 Å². The van der Waals surface area contributed by atoms with Crippen molar-refractivity contribution >= 4 is 39.0 Å². The van der Waals surface area contributed by atoms with E-state index in [0.717, 1.165) is 27.7 Å². The highest BCUT2D eigenvalue weighted by molar-refractivity contribution is 7.89. The number of hydrogen-bond acceptors (Lipinski definition) is 6. The first-order chi connectivity index (χ1) is 19.2. The maximum Gasteiger partial charge on any atom is 0.325 e. The normalized spacial score (nSPS) is 12.5. The lowest BCUT2D eigenvalue weighted by Gasteiger charge is -2.18. The summed E-state index contributed by atoms with van der Waals surface area (Å²) in [7, 11) is -3.88. The second-order valence-corrected chi connectivity index (χ2v) is 11.0. The summed E-state index contributed by atoms with van der Waals surface area (Å²) in [6.45, 7) is 5.85. The Morgan fingerprint density at radius 3 is 2.35 bits per heavy atom. The molecular formula is C30H32N4O5S. The molecule has 0 fully saturated rings. The molecule has 0 spiro atoms. The summed E-state index contributed by atoms with van der Waals surface area (Å²) in [6.07, 6.45) is 1.36. The molecule has 1 atom stereocenters. The standard InChI is InChI=1S/C30H32N4O5S/c1-4-39-30(36)20-34-22(3)26(25-12-8-9-13-28(25)34)19-31-32-29(35)18-27(23-10-6-5-7-11-23)33-40(37,38)24-16-14-21(2)15-17-24/h5-17,19,27,33H,4,18,20H2,1-3H3,(H,32,35)/b31-19-/t27-/m0/s1. The zero-order chi connectivity index (χ0) is 28.7. The van der Waals surface area contributed by atoms with Gasteiger partial charge in [0.1, 0.15) is 6.54 Å². The van der Waals surface area contributed by atoms with Gasteiger partial charge in [0.05, 0.1) is 23.8 Å². The van der Waals surface area contributed by atoms with Gasteiger partial charge in [0.25, 0.3) is 0 Å². The Morgan fingerprint density at radius 2 is 1.65 bits per heavy atom. The van der Waals surface area contributed by atoms with Gasteiger partial charge in [0.2, 0.25) is 15.9 Å². The lowest BCUT2D eigenvalue weighted by atomic mass is 10.0. The second-order valence-electron chi connectivity index (χ2n) is 9.30. The molecule has 0 radical (unpaired) electrons. The van der Waals surface area contributed by atoms with Crippen LogP contribution >= 0.6 is 0 Å². The highest BCUT2D eigenvalue weighted by Crippen LogP contribution is 2.25. The smallest absolute Gasteiger partial charge is 0.325 e. The van der Waals surface area contributed by atoms with E-state index < -0.39 is 22.0 Å². The summed E-state index contributed by atoms with van der Waals surface area (Å²) in [5.74, 6) is -0.812. The van der Waals surface area contributed by atoms with E-state index in [1.54, 1.807) is 43.3 Å². The molecule has 1 amide bonds. The number of aromatic nitrogens is 1. The van der Waals surface area contributed by atoms with Gasteiger partial charge in [0.15, 0.2) is 0 Å². The Kier molecular flexibility index (Phi) is 9.13. The number of carbonyl (C=O) groups is 2. The van der Waals surface area contributed by atoms with Crippen LogP contribution in [0.1, 0.15) is 41.8 Å². The number of sulfonamides is 1. The fraction of sp³-hybridized carbons (Fsp3) is 0.233. The van der Waals surface area contributed by atoms with Gasteiger partial charge in [-0.2, -0.15) is 5.10 Å². The van der Waals surface area contributed by atoms with Crippen molar-refractivity contribution < 1.29 is 22.7 Å². The molecular weight excluding hydrogens is 528 g/mol. The van der Waals surface area contributed by atoms with E-state index in [0.29, 0.717) is 12.2 Å². The molecule has 9 nitrogen and oxygen atoms in total. The number of nitrogens with zero attached hydrogens (tertiary/aromatic N) is 2. The topological polar surface area (TPSA) is 119 Å². The van der Waals surface area contributed by atoms with Crippen molar-refractivity contribution in [2.75, 3.05) is 6.61 Å². The van der Waals surface area contributed by atoms with Crippen LogP contribution in [0.25, 0.3) is 10.9 Å². The fourth-order valence-corrected chi connectivity index (χ4v) is 5.67. The van der Waals surface area contributed by atoms with Crippen LogP contribution in [-0.2, 0) is 30.9 Å². The molecule has 0 aliphatic rings. The van der Waals surface area contributed by atoms with Crippen LogP contribution in [0.3, 0.4) is 0 Å². The molecule has 2 N–H and O–H groups in total. The van der Waals surface area contributed by atoms with Crippen LogP contribution in [0.15, 0.2) is 88.9 Å². The predicted molar refractivity (Wildman–Crippen MR) is 154 cm³/mol. The highest BCUT2D eigenvalue weighted by Gasteiger charge is 2.24. The number of hydrogen-bond donors (Lipinski definition) is 2. The number of amides is 1. The van der Waals surface area contributed by atoms with Gasteiger partial charge in [-0.15, -0.1) is 0 Å². The lowest BCUT2D eigenvalue weighted by molar-refractivity contribution is -0.143. The minimum atomic E-state index is -3.88. The SMILES string of the molecule is CCOC(=O)Cn1c(C)c(/C=N\NC(=O)C[C@H](NS(=O)(=O)c2ccc(C)cc2)c2ccccc2)c2ccccc21. The number of aryl methyl sites for hydroxylation is 1. The van der Waals surface area contributed by atoms with Gasteiger partial charge in [-0.1, -0.05) is 66.2 Å². The average molecular weight is 561 g/mol. The van der Waals surface area contributed by atoms with E-state index in [-0.39, 0.29) is 23.8 Å². The lowest BCUT2D eigenvalue weighted by Crippen LogP contribution is -2.32. The third kappa shape index (κ3) is 6.83. The van der Waals surface area contributed by atoms with Crippen molar-refractivity contribution in [2.24, 2.45) is 5.10 Å². The van der Waals surface area contributed by atoms with Crippen molar-refractivity contribution in [1.82, 2.24) is 14.7 Å². The van der Waals surface area contributed by atoms with Crippen LogP contribution in [0, 0.1) is 13.8 Å². The summed E-state index contributed by atoms with van der Waals surface area (Å²) in [6, 6.07) is 22.2. The quantitative estimate of drug-likeness (QED) is 0.160. The Morgan fingerprint density at radius 1 is 0.975 bits per heavy atom. The average Bonchev–Trinajstić information content (AvgIpc) is 3.19. The Hall–Kier alpha value is -4.28. The van der Waals surface area contributed by atoms with Gasteiger partial charge in [-0.25, -0.2) is 18.6 Å². The molecule has 4 aromatic rings. The third-order valence-electron chi connectivity index (χ3n) is 6.48. The third-order valence-corrected chi connectivity index (χ3v) is 7.96. The molecule has 40 heavy (non-hydrogen) atoms. The molecule has 0 saturated carbocycles. The first kappa shape index (κ1) is 28.7. The number of hydrazone groups is 1. The zero-order valence-corrected chi connectivity index (χ0v) is 23.4. The van der Waals surface area contributed by atoms with Crippen molar-refractivity contribution in [3.63, 3.8) is 0 Å². The summed E-state index contributed by atoms with van der Waals surface area (Å²) in [5.41, 5.74) is 6.49. The number of carbonyl (C=O) groups excluding carboxylic acids is 2. The predicted octanol–water partition coefficient (Wildman–Crippen LogP) is 4.38. The number of benzene rings is 3. The van der Waals surface area contributed by atoms with E-state index in [1.807, 2.05) is 48.7 Å². The molecule has 3 aromatic carbocycles. The molecule has 4 rings (SSSR count).